The number of benzene rings is 1. The van der Waals surface area contributed by atoms with Crippen molar-refractivity contribution in [3.05, 3.63) is 34.9 Å². The summed E-state index contributed by atoms with van der Waals surface area (Å²) >= 11 is 0. The molecule has 0 aromatic heterocycles. The average Bonchev–Trinajstić information content (AvgIpc) is 2.77. The molecule has 0 fully saturated rings. The van der Waals surface area contributed by atoms with Crippen molar-refractivity contribution in [1.82, 2.24) is 15.5 Å². The van der Waals surface area contributed by atoms with E-state index < -0.39 is 41.5 Å². The molecule has 0 saturated carbocycles. The van der Waals surface area contributed by atoms with Gasteiger partial charge in [-0.25, -0.2) is 4.79 Å². The van der Waals surface area contributed by atoms with Gasteiger partial charge in [0, 0.05) is 19.0 Å². The van der Waals surface area contributed by atoms with Crippen molar-refractivity contribution >= 4 is 23.8 Å². The molecule has 0 heterocycles. The summed E-state index contributed by atoms with van der Waals surface area (Å²) in [5.41, 5.74) is 6.64. The number of alkyl carbamates (subject to hydrolysis) is 1. The van der Waals surface area contributed by atoms with Crippen molar-refractivity contribution in [1.29, 1.82) is 0 Å². The number of aryl methyl sites for hydroxylation is 2. The summed E-state index contributed by atoms with van der Waals surface area (Å²) in [6.45, 7) is 11.2. The van der Waals surface area contributed by atoms with Crippen molar-refractivity contribution in [2.45, 2.75) is 91.3 Å². The molecule has 9 heteroatoms. The molecule has 4 N–H and O–H groups in total. The smallest absolute Gasteiger partial charge is 0.408 e. The van der Waals surface area contributed by atoms with E-state index in [1.165, 1.54) is 0 Å². The SMILES string of the molecule is C#CN(C(=O)C(CCC(N)=O)NC(=O)OC(C)(C)C)C(C(=O)NCCCCC)c1c(C)cccc1C. The molecule has 0 saturated heterocycles. The van der Waals surface area contributed by atoms with Gasteiger partial charge in [0.2, 0.25) is 11.8 Å². The van der Waals surface area contributed by atoms with Crippen LogP contribution in [0.4, 0.5) is 4.79 Å². The molecule has 0 aliphatic heterocycles. The molecule has 4 amide bonds. The second kappa shape index (κ2) is 14.1. The van der Waals surface area contributed by atoms with Gasteiger partial charge in [0.15, 0.2) is 0 Å². The van der Waals surface area contributed by atoms with E-state index >= 15 is 0 Å². The molecule has 1 rings (SSSR count). The number of unbranched alkanes of at least 4 members (excludes halogenated alkanes) is 2. The Hall–Kier alpha value is -3.54. The minimum atomic E-state index is -1.23. The number of nitrogens with two attached hydrogens (primary N) is 1. The highest BCUT2D eigenvalue weighted by Crippen LogP contribution is 2.28. The third-order valence-electron chi connectivity index (χ3n) is 5.45. The summed E-state index contributed by atoms with van der Waals surface area (Å²) in [4.78, 5) is 52.0. The molecule has 1 aromatic carbocycles. The number of carbonyl (C=O) groups is 4. The molecule has 1 aromatic rings. The summed E-state index contributed by atoms with van der Waals surface area (Å²) in [7, 11) is 0. The highest BCUT2D eigenvalue weighted by atomic mass is 16.6. The minimum absolute atomic E-state index is 0.108. The quantitative estimate of drug-likeness (QED) is 0.230. The normalized spacial score (nSPS) is 12.6. The molecular formula is C27H40N4O5. The Labute approximate surface area is 214 Å². The molecule has 36 heavy (non-hydrogen) atoms. The van der Waals surface area contributed by atoms with Crippen LogP contribution in [0.1, 0.15) is 82.5 Å². The first-order chi connectivity index (χ1) is 16.8. The molecule has 0 aliphatic carbocycles. The van der Waals surface area contributed by atoms with E-state index in [-0.39, 0.29) is 12.8 Å². The van der Waals surface area contributed by atoms with Crippen LogP contribution in [0.15, 0.2) is 18.2 Å². The number of nitrogens with one attached hydrogen (secondary N) is 2. The largest absolute Gasteiger partial charge is 0.444 e. The first-order valence-electron chi connectivity index (χ1n) is 12.2. The molecule has 0 spiro atoms. The van der Waals surface area contributed by atoms with Crippen LogP contribution in [-0.4, -0.2) is 46.9 Å². The van der Waals surface area contributed by atoms with Crippen LogP contribution in [0, 0.1) is 26.3 Å². The standard InChI is InChI=1S/C27H40N4O5/c1-8-10-11-17-29-24(33)23(22-18(3)13-12-14-19(22)4)31(9-2)25(34)20(15-16-21(28)32)30-26(35)36-27(5,6)7/h2,12-14,20,23H,8,10-11,15-17H2,1,3-7H3,(H2,28,32)(H,29,33)(H,30,35). The lowest BCUT2D eigenvalue weighted by Crippen LogP contribution is -2.52. The van der Waals surface area contributed by atoms with Crippen LogP contribution in [0.25, 0.3) is 0 Å². The van der Waals surface area contributed by atoms with Crippen molar-refractivity contribution in [3.63, 3.8) is 0 Å². The monoisotopic (exact) mass is 500 g/mol. The summed E-state index contributed by atoms with van der Waals surface area (Å²) in [6.07, 6.45) is 7.37. The molecule has 2 unspecified atom stereocenters. The van der Waals surface area contributed by atoms with Crippen molar-refractivity contribution < 1.29 is 23.9 Å². The number of terminal acetylenes is 1. The van der Waals surface area contributed by atoms with E-state index in [9.17, 15) is 19.2 Å². The zero-order chi connectivity index (χ0) is 27.5. The maximum absolute atomic E-state index is 13.7. The van der Waals surface area contributed by atoms with E-state index in [4.69, 9.17) is 16.9 Å². The Morgan fingerprint density at radius 1 is 1.14 bits per heavy atom. The average molecular weight is 501 g/mol. The summed E-state index contributed by atoms with van der Waals surface area (Å²) in [5, 5.41) is 5.38. The molecule has 0 aliphatic rings. The van der Waals surface area contributed by atoms with Gasteiger partial charge < -0.3 is 21.1 Å². The van der Waals surface area contributed by atoms with Gasteiger partial charge in [-0.3, -0.25) is 19.3 Å². The van der Waals surface area contributed by atoms with Crippen molar-refractivity contribution in [2.24, 2.45) is 5.73 Å². The van der Waals surface area contributed by atoms with Crippen molar-refractivity contribution in [2.75, 3.05) is 6.54 Å². The third-order valence-corrected chi connectivity index (χ3v) is 5.45. The van der Waals surface area contributed by atoms with Gasteiger partial charge >= 0.3 is 6.09 Å². The van der Waals surface area contributed by atoms with Gasteiger partial charge in [-0.2, -0.15) is 0 Å². The fraction of sp³-hybridized carbons (Fsp3) is 0.556. The zero-order valence-corrected chi connectivity index (χ0v) is 22.3. The van der Waals surface area contributed by atoms with Crippen LogP contribution in [-0.2, 0) is 19.1 Å². The van der Waals surface area contributed by atoms with E-state index in [1.54, 1.807) is 20.8 Å². The Morgan fingerprint density at radius 3 is 2.25 bits per heavy atom. The van der Waals surface area contributed by atoms with Gasteiger partial charge in [-0.1, -0.05) is 44.4 Å². The number of ether oxygens (including phenoxy) is 1. The Morgan fingerprint density at radius 2 is 1.75 bits per heavy atom. The van der Waals surface area contributed by atoms with Crippen LogP contribution in [0.5, 0.6) is 0 Å². The van der Waals surface area contributed by atoms with Gasteiger partial charge in [-0.05, 0) is 64.2 Å². The topological polar surface area (TPSA) is 131 Å². The predicted molar refractivity (Wildman–Crippen MR) is 138 cm³/mol. The number of nitrogens with zero attached hydrogens (tertiary/aromatic N) is 1. The fourth-order valence-corrected chi connectivity index (χ4v) is 3.75. The molecule has 198 valence electrons. The number of amides is 4. The molecule has 0 bridgehead atoms. The Balaban J connectivity index is 3.41. The lowest BCUT2D eigenvalue weighted by Gasteiger charge is -2.31. The number of carbonyl (C=O) groups excluding carboxylic acids is 4. The lowest BCUT2D eigenvalue weighted by molar-refractivity contribution is -0.138. The van der Waals surface area contributed by atoms with E-state index in [2.05, 4.69) is 23.6 Å². The highest BCUT2D eigenvalue weighted by Gasteiger charge is 2.37. The van der Waals surface area contributed by atoms with Gasteiger partial charge in [-0.15, -0.1) is 0 Å². The third kappa shape index (κ3) is 9.61. The van der Waals surface area contributed by atoms with Crippen LogP contribution >= 0.6 is 0 Å². The maximum Gasteiger partial charge on any atom is 0.408 e. The second-order valence-corrected chi connectivity index (χ2v) is 9.75. The van der Waals surface area contributed by atoms with E-state index in [0.29, 0.717) is 12.1 Å². The minimum Gasteiger partial charge on any atom is -0.444 e. The predicted octanol–water partition coefficient (Wildman–Crippen LogP) is 3.23. The first-order valence-corrected chi connectivity index (χ1v) is 12.2. The maximum atomic E-state index is 13.7. The highest BCUT2D eigenvalue weighted by molar-refractivity contribution is 5.94. The van der Waals surface area contributed by atoms with Gasteiger partial charge in [0.1, 0.15) is 17.7 Å². The fourth-order valence-electron chi connectivity index (χ4n) is 3.75. The van der Waals surface area contributed by atoms with Crippen LogP contribution in [0.2, 0.25) is 0 Å². The summed E-state index contributed by atoms with van der Waals surface area (Å²) in [6, 6.07) is 5.50. The number of rotatable bonds is 12. The van der Waals surface area contributed by atoms with Gasteiger partial charge in [0.05, 0.1) is 0 Å². The van der Waals surface area contributed by atoms with E-state index in [0.717, 1.165) is 35.3 Å². The Kier molecular flexibility index (Phi) is 12.0. The van der Waals surface area contributed by atoms with Crippen molar-refractivity contribution in [3.8, 4) is 12.5 Å². The summed E-state index contributed by atoms with van der Waals surface area (Å²) < 4.78 is 5.28. The molecular weight excluding hydrogens is 460 g/mol. The Bertz CT molecular complexity index is 957. The molecule has 0 radical (unpaired) electrons. The van der Waals surface area contributed by atoms with E-state index in [1.807, 2.05) is 32.0 Å². The first kappa shape index (κ1) is 30.5. The lowest BCUT2D eigenvalue weighted by atomic mass is 9.93. The van der Waals surface area contributed by atoms with Crippen LogP contribution in [0.3, 0.4) is 0 Å². The van der Waals surface area contributed by atoms with Crippen LogP contribution < -0.4 is 16.4 Å². The molecule has 9 nitrogen and oxygen atoms in total. The summed E-state index contributed by atoms with van der Waals surface area (Å²) in [5.74, 6) is -1.80. The number of hydrogen-bond acceptors (Lipinski definition) is 5. The number of hydrogen-bond donors (Lipinski definition) is 3. The molecule has 2 atom stereocenters. The zero-order valence-electron chi connectivity index (χ0n) is 22.3. The number of primary amides is 1. The van der Waals surface area contributed by atoms with Gasteiger partial charge in [0.25, 0.3) is 5.91 Å². The second-order valence-electron chi connectivity index (χ2n) is 9.75.